The van der Waals surface area contributed by atoms with Crippen LogP contribution < -0.4 is 3.88 Å². The fourth-order valence-corrected chi connectivity index (χ4v) is 4.90. The zero-order valence-corrected chi connectivity index (χ0v) is 9.56. The molecule has 0 aromatic heterocycles. The van der Waals surface area contributed by atoms with Crippen molar-refractivity contribution in [3.63, 3.8) is 0 Å². The Labute approximate surface area is 85.9 Å². The van der Waals surface area contributed by atoms with Crippen molar-refractivity contribution in [2.75, 3.05) is 0 Å². The summed E-state index contributed by atoms with van der Waals surface area (Å²) in [6, 6.07) is 0. The molecule has 0 aromatic carbocycles. The predicted molar refractivity (Wildman–Crippen MR) is 44.0 cm³/mol. The second-order valence-corrected chi connectivity index (χ2v) is 5.84. The molecule has 0 amide bonds. The molecular formula is C10H16NPt. The second-order valence-electron chi connectivity index (χ2n) is 5.28. The van der Waals surface area contributed by atoms with Gasteiger partial charge in [0.15, 0.2) is 0 Å². The van der Waals surface area contributed by atoms with E-state index in [1.807, 2.05) is 0 Å². The quantitative estimate of drug-likeness (QED) is 0.767. The molecule has 0 heterocycles. The minimum atomic E-state index is 0.580. The topological polar surface area (TPSA) is 12.0 Å². The number of rotatable bonds is 1. The second kappa shape index (κ2) is 2.57. The first kappa shape index (κ1) is 8.00. The first-order valence-electron chi connectivity index (χ1n) is 5.14. The maximum absolute atomic E-state index is 3.58. The summed E-state index contributed by atoms with van der Waals surface area (Å²) in [5, 5.41) is 0. The molecule has 0 spiro atoms. The summed E-state index contributed by atoms with van der Waals surface area (Å²) < 4.78 is 3.58. The molecule has 0 radical (unpaired) electrons. The van der Waals surface area contributed by atoms with Crippen LogP contribution in [0, 0.1) is 17.8 Å². The Morgan fingerprint density at radius 2 is 1.33 bits per heavy atom. The van der Waals surface area contributed by atoms with Crippen molar-refractivity contribution >= 4 is 0 Å². The van der Waals surface area contributed by atoms with E-state index < -0.39 is 0 Å². The van der Waals surface area contributed by atoms with E-state index in [1.54, 1.807) is 19.3 Å². The standard InChI is InChI=1S/C10H16N.Pt/c11-10-4-7-1-8(5-10)3-9(2-7)6-10;/h7-9,11H,1-6H2;/q-1;+1. The average molecular weight is 345 g/mol. The van der Waals surface area contributed by atoms with Gasteiger partial charge in [-0.2, -0.15) is 0 Å². The van der Waals surface area contributed by atoms with Crippen LogP contribution in [0.5, 0.6) is 0 Å². The molecule has 4 saturated carbocycles. The van der Waals surface area contributed by atoms with E-state index >= 15 is 0 Å². The summed E-state index contributed by atoms with van der Waals surface area (Å²) in [7, 11) is 0. The normalized spacial score (nSPS) is 56.3. The summed E-state index contributed by atoms with van der Waals surface area (Å²) in [6.07, 6.45) is 9.08. The van der Waals surface area contributed by atoms with Crippen LogP contribution in [-0.2, 0) is 20.1 Å². The van der Waals surface area contributed by atoms with Crippen LogP contribution in [0.15, 0.2) is 0 Å². The molecule has 4 aliphatic rings. The van der Waals surface area contributed by atoms with E-state index in [4.69, 9.17) is 0 Å². The molecule has 4 aliphatic carbocycles. The predicted octanol–water partition coefficient (Wildman–Crippen LogP) is 2.01. The summed E-state index contributed by atoms with van der Waals surface area (Å²) in [6.45, 7) is 0. The van der Waals surface area contributed by atoms with Gasteiger partial charge in [-0.25, -0.2) is 0 Å². The van der Waals surface area contributed by atoms with Crippen molar-refractivity contribution in [3.05, 3.63) is 0 Å². The number of hydrogen-bond donors (Lipinski definition) is 1. The first-order valence-corrected chi connectivity index (χ1v) is 6.28. The van der Waals surface area contributed by atoms with Crippen molar-refractivity contribution in [2.45, 2.75) is 44.1 Å². The van der Waals surface area contributed by atoms with Crippen LogP contribution in [-0.4, -0.2) is 5.54 Å². The fourth-order valence-electron chi connectivity index (χ4n) is 4.21. The van der Waals surface area contributed by atoms with Crippen LogP contribution in [0.25, 0.3) is 0 Å². The zero-order valence-electron chi connectivity index (χ0n) is 7.29. The van der Waals surface area contributed by atoms with Gasteiger partial charge in [0.25, 0.3) is 0 Å². The Hall–Kier alpha value is 0.648. The summed E-state index contributed by atoms with van der Waals surface area (Å²) in [5.41, 5.74) is 0.580. The molecule has 2 heteroatoms. The van der Waals surface area contributed by atoms with Crippen LogP contribution in [0.2, 0.25) is 0 Å². The Bertz CT molecular complexity index is 167. The summed E-state index contributed by atoms with van der Waals surface area (Å²) in [4.78, 5) is 0. The molecule has 0 aromatic rings. The van der Waals surface area contributed by atoms with E-state index in [1.165, 1.54) is 19.3 Å². The molecule has 0 unspecified atom stereocenters. The van der Waals surface area contributed by atoms with Crippen molar-refractivity contribution in [2.24, 2.45) is 17.8 Å². The van der Waals surface area contributed by atoms with E-state index in [0.29, 0.717) is 5.54 Å². The number of hydrogen-bond acceptors (Lipinski definition) is 1. The third kappa shape index (κ3) is 1.06. The molecule has 4 rings (SSSR count). The van der Waals surface area contributed by atoms with Gasteiger partial charge in [0.1, 0.15) is 0 Å². The Morgan fingerprint density at radius 3 is 1.67 bits per heavy atom. The van der Waals surface area contributed by atoms with Crippen molar-refractivity contribution in [1.82, 2.24) is 3.88 Å². The van der Waals surface area contributed by atoms with Gasteiger partial charge in [-0.05, 0) is 0 Å². The van der Waals surface area contributed by atoms with E-state index in [-0.39, 0.29) is 0 Å². The van der Waals surface area contributed by atoms with E-state index in [2.05, 4.69) is 23.9 Å². The van der Waals surface area contributed by atoms with Gasteiger partial charge < -0.3 is 0 Å². The van der Waals surface area contributed by atoms with E-state index in [9.17, 15) is 0 Å². The maximum atomic E-state index is 3.58. The molecule has 0 saturated heterocycles. The summed E-state index contributed by atoms with van der Waals surface area (Å²) >= 11 is 2.37. The zero-order chi connectivity index (χ0) is 8.18. The third-order valence-corrected chi connectivity index (χ3v) is 5.41. The van der Waals surface area contributed by atoms with Crippen LogP contribution >= 0.6 is 0 Å². The van der Waals surface area contributed by atoms with Crippen molar-refractivity contribution < 1.29 is 20.1 Å². The molecule has 1 nitrogen and oxygen atoms in total. The van der Waals surface area contributed by atoms with Crippen LogP contribution in [0.4, 0.5) is 0 Å². The SMILES string of the molecule is [Pt][NH]C12CC3CC(CC(C3)C1)C2. The average Bonchev–Trinajstić information content (AvgIpc) is 2.02. The van der Waals surface area contributed by atoms with Gasteiger partial charge in [-0.1, -0.05) is 0 Å². The monoisotopic (exact) mass is 345 g/mol. The van der Waals surface area contributed by atoms with Gasteiger partial charge in [0.05, 0.1) is 0 Å². The molecule has 0 aliphatic heterocycles. The van der Waals surface area contributed by atoms with Gasteiger partial charge in [0.2, 0.25) is 0 Å². The Morgan fingerprint density at radius 1 is 0.917 bits per heavy atom. The van der Waals surface area contributed by atoms with Crippen molar-refractivity contribution in [1.29, 1.82) is 0 Å². The van der Waals surface area contributed by atoms with Crippen molar-refractivity contribution in [3.8, 4) is 0 Å². The third-order valence-electron chi connectivity index (χ3n) is 4.21. The molecule has 4 fully saturated rings. The van der Waals surface area contributed by atoms with Crippen LogP contribution in [0.3, 0.4) is 0 Å². The van der Waals surface area contributed by atoms with E-state index in [0.717, 1.165) is 17.8 Å². The Balaban J connectivity index is 1.90. The molecule has 1 N–H and O–H groups in total. The number of nitrogens with one attached hydrogen (secondary N) is 1. The molecule has 71 valence electrons. The van der Waals surface area contributed by atoms with Gasteiger partial charge in [0, 0.05) is 0 Å². The fraction of sp³-hybridized carbons (Fsp3) is 1.00. The molecule has 0 atom stereocenters. The minimum absolute atomic E-state index is 0.580. The molecular weight excluding hydrogens is 329 g/mol. The van der Waals surface area contributed by atoms with Gasteiger partial charge in [-0.15, -0.1) is 0 Å². The van der Waals surface area contributed by atoms with Gasteiger partial charge in [-0.3, -0.25) is 0 Å². The summed E-state index contributed by atoms with van der Waals surface area (Å²) in [5.74, 6) is 3.25. The first-order chi connectivity index (χ1) is 5.80. The Kier molecular flexibility index (Phi) is 1.72. The van der Waals surface area contributed by atoms with Crippen LogP contribution in [0.1, 0.15) is 38.5 Å². The van der Waals surface area contributed by atoms with Gasteiger partial charge >= 0.3 is 85.8 Å². The molecule has 4 bridgehead atoms. The molecule has 12 heavy (non-hydrogen) atoms.